The van der Waals surface area contributed by atoms with Crippen molar-refractivity contribution in [3.63, 3.8) is 0 Å². The van der Waals surface area contributed by atoms with E-state index in [1.807, 2.05) is 0 Å². The van der Waals surface area contributed by atoms with Crippen molar-refractivity contribution in [1.82, 2.24) is 9.55 Å². The van der Waals surface area contributed by atoms with Gasteiger partial charge in [0.15, 0.2) is 4.77 Å². The standard InChI is InChI=1S/C18H21N3O3S/c22-16-15(12-19-11-14-7-4-10-24-14)17(23)21(18(25)20-16)9-8-13-5-2-1-3-6-13/h4-5,7,10,12,23H,1-3,6,8-9,11H2,(H,20,22,25). The van der Waals surface area contributed by atoms with E-state index in [4.69, 9.17) is 16.6 Å². The summed E-state index contributed by atoms with van der Waals surface area (Å²) in [7, 11) is 0. The molecule has 0 atom stereocenters. The monoisotopic (exact) mass is 359 g/mol. The number of aromatic amines is 1. The quantitative estimate of drug-likeness (QED) is 0.468. The van der Waals surface area contributed by atoms with Crippen LogP contribution in [0, 0.1) is 4.77 Å². The Kier molecular flexibility index (Phi) is 5.65. The van der Waals surface area contributed by atoms with Gasteiger partial charge in [0.25, 0.3) is 5.56 Å². The van der Waals surface area contributed by atoms with Crippen LogP contribution in [0.5, 0.6) is 5.88 Å². The van der Waals surface area contributed by atoms with Gasteiger partial charge in [0.05, 0.1) is 12.8 Å². The zero-order chi connectivity index (χ0) is 17.6. The van der Waals surface area contributed by atoms with E-state index in [-0.39, 0.29) is 16.2 Å². The van der Waals surface area contributed by atoms with Gasteiger partial charge in [-0.1, -0.05) is 11.6 Å². The molecule has 1 aliphatic rings. The van der Waals surface area contributed by atoms with Crippen molar-refractivity contribution in [3.05, 3.63) is 56.5 Å². The molecule has 0 saturated heterocycles. The first-order valence-electron chi connectivity index (χ1n) is 8.41. The summed E-state index contributed by atoms with van der Waals surface area (Å²) in [6, 6.07) is 3.57. The Labute approximate surface area is 150 Å². The van der Waals surface area contributed by atoms with Crippen molar-refractivity contribution in [1.29, 1.82) is 0 Å². The first-order chi connectivity index (χ1) is 12.1. The highest BCUT2D eigenvalue weighted by Gasteiger charge is 2.12. The number of allylic oxidation sites excluding steroid dienone is 2. The Balaban J connectivity index is 1.79. The van der Waals surface area contributed by atoms with Gasteiger partial charge in [0.2, 0.25) is 5.88 Å². The summed E-state index contributed by atoms with van der Waals surface area (Å²) in [4.78, 5) is 18.9. The van der Waals surface area contributed by atoms with Crippen LogP contribution in [-0.2, 0) is 13.1 Å². The Hall–Kier alpha value is -2.41. The third-order valence-corrected chi connectivity index (χ3v) is 4.62. The molecule has 25 heavy (non-hydrogen) atoms. The van der Waals surface area contributed by atoms with Gasteiger partial charge < -0.3 is 9.52 Å². The molecule has 0 unspecified atom stereocenters. The molecule has 2 N–H and O–H groups in total. The van der Waals surface area contributed by atoms with Crippen LogP contribution >= 0.6 is 12.2 Å². The van der Waals surface area contributed by atoms with Crippen molar-refractivity contribution < 1.29 is 9.52 Å². The van der Waals surface area contributed by atoms with Gasteiger partial charge in [0.1, 0.15) is 11.3 Å². The van der Waals surface area contributed by atoms with E-state index in [9.17, 15) is 9.90 Å². The zero-order valence-electron chi connectivity index (χ0n) is 13.9. The summed E-state index contributed by atoms with van der Waals surface area (Å²) < 4.78 is 6.97. The molecule has 0 aromatic carbocycles. The van der Waals surface area contributed by atoms with E-state index < -0.39 is 5.56 Å². The molecule has 0 spiro atoms. The van der Waals surface area contributed by atoms with Crippen molar-refractivity contribution in [2.24, 2.45) is 4.99 Å². The second kappa shape index (κ2) is 8.11. The minimum Gasteiger partial charge on any atom is -0.494 e. The normalized spacial score (nSPS) is 14.8. The lowest BCUT2D eigenvalue weighted by Crippen LogP contribution is -2.19. The molecule has 0 aliphatic heterocycles. The van der Waals surface area contributed by atoms with Crippen LogP contribution in [0.1, 0.15) is 43.4 Å². The van der Waals surface area contributed by atoms with Crippen LogP contribution in [0.2, 0.25) is 0 Å². The molecule has 3 rings (SSSR count). The highest BCUT2D eigenvalue weighted by molar-refractivity contribution is 7.71. The van der Waals surface area contributed by atoms with Gasteiger partial charge in [0, 0.05) is 12.8 Å². The van der Waals surface area contributed by atoms with E-state index >= 15 is 0 Å². The summed E-state index contributed by atoms with van der Waals surface area (Å²) in [6.07, 6.45) is 10.7. The maximum Gasteiger partial charge on any atom is 0.264 e. The minimum atomic E-state index is -0.446. The topological polar surface area (TPSA) is 83.5 Å². The minimum absolute atomic E-state index is 0.109. The van der Waals surface area contributed by atoms with Gasteiger partial charge in [-0.2, -0.15) is 0 Å². The number of rotatable bonds is 6. The lowest BCUT2D eigenvalue weighted by atomic mass is 9.97. The molecule has 0 bridgehead atoms. The fourth-order valence-corrected chi connectivity index (χ4v) is 3.19. The van der Waals surface area contributed by atoms with Gasteiger partial charge >= 0.3 is 0 Å². The summed E-state index contributed by atoms with van der Waals surface area (Å²) >= 11 is 5.20. The number of nitrogens with one attached hydrogen (secondary N) is 1. The molecular weight excluding hydrogens is 338 g/mol. The second-order valence-corrected chi connectivity index (χ2v) is 6.44. The van der Waals surface area contributed by atoms with Crippen molar-refractivity contribution in [3.8, 4) is 5.88 Å². The average molecular weight is 359 g/mol. The van der Waals surface area contributed by atoms with Crippen LogP contribution in [0.3, 0.4) is 0 Å². The smallest absolute Gasteiger partial charge is 0.264 e. The number of aromatic nitrogens is 2. The Morgan fingerprint density at radius 1 is 1.44 bits per heavy atom. The molecule has 0 amide bonds. The van der Waals surface area contributed by atoms with Crippen LogP contribution in [0.4, 0.5) is 0 Å². The van der Waals surface area contributed by atoms with E-state index in [1.54, 1.807) is 23.0 Å². The molecule has 7 heteroatoms. The molecule has 0 saturated carbocycles. The number of nitrogens with zero attached hydrogens (tertiary/aromatic N) is 2. The molecule has 6 nitrogen and oxygen atoms in total. The number of aliphatic imine (C=N–C) groups is 1. The SMILES string of the molecule is O=c1[nH]c(=S)n(CCC2=CCCCC2)c(O)c1C=NCc1ccco1. The maximum absolute atomic E-state index is 12.1. The summed E-state index contributed by atoms with van der Waals surface area (Å²) in [5.41, 5.74) is 1.04. The van der Waals surface area contributed by atoms with Gasteiger partial charge in [-0.05, 0) is 56.5 Å². The first kappa shape index (κ1) is 17.4. The molecule has 2 heterocycles. The predicted octanol–water partition coefficient (Wildman–Crippen LogP) is 3.71. The number of furan rings is 1. The summed E-state index contributed by atoms with van der Waals surface area (Å²) in [5.74, 6) is 0.539. The van der Waals surface area contributed by atoms with E-state index in [0.717, 1.165) is 19.3 Å². The van der Waals surface area contributed by atoms with Crippen LogP contribution in [0.25, 0.3) is 0 Å². The Morgan fingerprint density at radius 2 is 2.32 bits per heavy atom. The van der Waals surface area contributed by atoms with Crippen LogP contribution < -0.4 is 5.56 Å². The largest absolute Gasteiger partial charge is 0.494 e. The lowest BCUT2D eigenvalue weighted by Gasteiger charge is -2.15. The number of hydrogen-bond acceptors (Lipinski definition) is 5. The van der Waals surface area contributed by atoms with Crippen LogP contribution in [0.15, 0.2) is 44.2 Å². The van der Waals surface area contributed by atoms with E-state index in [2.05, 4.69) is 16.1 Å². The highest BCUT2D eigenvalue weighted by atomic mass is 32.1. The molecule has 132 valence electrons. The van der Waals surface area contributed by atoms with E-state index in [0.29, 0.717) is 18.8 Å². The molecule has 2 aromatic heterocycles. The van der Waals surface area contributed by atoms with Gasteiger partial charge in [-0.25, -0.2) is 0 Å². The van der Waals surface area contributed by atoms with Crippen molar-refractivity contribution >= 4 is 18.4 Å². The maximum atomic E-state index is 12.1. The summed E-state index contributed by atoms with van der Waals surface area (Å²) in [6.45, 7) is 0.834. The first-order valence-corrected chi connectivity index (χ1v) is 8.82. The molecule has 1 aliphatic carbocycles. The van der Waals surface area contributed by atoms with Crippen molar-refractivity contribution in [2.75, 3.05) is 0 Å². The second-order valence-electron chi connectivity index (χ2n) is 6.06. The highest BCUT2D eigenvalue weighted by Crippen LogP contribution is 2.22. The third kappa shape index (κ3) is 4.36. The fraction of sp³-hybridized carbons (Fsp3) is 0.389. The number of hydrogen-bond donors (Lipinski definition) is 2. The predicted molar refractivity (Wildman–Crippen MR) is 98.7 cm³/mol. The third-order valence-electron chi connectivity index (χ3n) is 4.30. The molecule has 2 aromatic rings. The molecule has 0 fully saturated rings. The lowest BCUT2D eigenvalue weighted by molar-refractivity contribution is 0.402. The average Bonchev–Trinajstić information content (AvgIpc) is 3.12. The molecular formula is C18H21N3O3S. The Morgan fingerprint density at radius 3 is 3.04 bits per heavy atom. The van der Waals surface area contributed by atoms with Gasteiger partial charge in [-0.15, -0.1) is 0 Å². The van der Waals surface area contributed by atoms with E-state index in [1.165, 1.54) is 24.6 Å². The summed E-state index contributed by atoms with van der Waals surface area (Å²) in [5, 5.41) is 10.5. The Bertz CT molecular complexity index is 891. The number of aromatic hydroxyl groups is 1. The molecule has 0 radical (unpaired) electrons. The zero-order valence-corrected chi connectivity index (χ0v) is 14.7. The van der Waals surface area contributed by atoms with Crippen molar-refractivity contribution in [2.45, 2.75) is 45.2 Å². The van der Waals surface area contributed by atoms with Crippen LogP contribution in [-0.4, -0.2) is 20.9 Å². The number of H-pyrrole nitrogens is 1. The van der Waals surface area contributed by atoms with Gasteiger partial charge in [-0.3, -0.25) is 19.3 Å². The fourth-order valence-electron chi connectivity index (χ4n) is 2.92.